The lowest BCUT2D eigenvalue weighted by Crippen LogP contribution is -2.07. The molecule has 1 fully saturated rings. The van der Waals surface area contributed by atoms with Crippen molar-refractivity contribution in [3.63, 3.8) is 0 Å². The van der Waals surface area contributed by atoms with Gasteiger partial charge in [-0.2, -0.15) is 13.2 Å². The molecule has 0 spiro atoms. The molecule has 6 heteroatoms. The summed E-state index contributed by atoms with van der Waals surface area (Å²) < 4.78 is 47.7. The van der Waals surface area contributed by atoms with Gasteiger partial charge >= 0.3 is 12.1 Å². The van der Waals surface area contributed by atoms with E-state index in [4.69, 9.17) is 5.11 Å². The van der Waals surface area contributed by atoms with Crippen LogP contribution < -0.4 is 0 Å². The molecule has 0 aliphatic heterocycles. The molecule has 0 aromatic heterocycles. The standard InChI is InChI=1S/C11H12F4O2/c1-10(2)6(8(10)9(16)17)4-3-5-7(12)11(13,14)15/h3-6,8H,1-2H3,(H,16,17). The molecule has 1 N–H and O–H groups in total. The number of allylic oxidation sites excluding steroid dienone is 4. The predicted octanol–water partition coefficient (Wildman–Crippen LogP) is 3.32. The van der Waals surface area contributed by atoms with Crippen molar-refractivity contribution < 1.29 is 27.5 Å². The van der Waals surface area contributed by atoms with Crippen LogP contribution in [-0.2, 0) is 4.79 Å². The Kier molecular flexibility index (Phi) is 3.36. The van der Waals surface area contributed by atoms with Gasteiger partial charge in [-0.15, -0.1) is 0 Å². The summed E-state index contributed by atoms with van der Waals surface area (Å²) in [7, 11) is 0. The van der Waals surface area contributed by atoms with Gasteiger partial charge in [0.2, 0.25) is 5.83 Å². The smallest absolute Gasteiger partial charge is 0.442 e. The zero-order chi connectivity index (χ0) is 13.4. The minimum atomic E-state index is -4.99. The zero-order valence-electron chi connectivity index (χ0n) is 9.25. The number of halogens is 4. The summed E-state index contributed by atoms with van der Waals surface area (Å²) in [5.74, 6) is -4.18. The Bertz CT molecular complexity index is 379. The van der Waals surface area contributed by atoms with E-state index in [0.29, 0.717) is 6.08 Å². The van der Waals surface area contributed by atoms with Crippen LogP contribution in [0.4, 0.5) is 17.6 Å². The molecule has 1 aliphatic rings. The summed E-state index contributed by atoms with van der Waals surface area (Å²) in [4.78, 5) is 10.7. The Morgan fingerprint density at radius 3 is 2.24 bits per heavy atom. The van der Waals surface area contributed by atoms with Gasteiger partial charge in [-0.25, -0.2) is 4.39 Å². The average molecular weight is 252 g/mol. The van der Waals surface area contributed by atoms with Crippen LogP contribution in [0.3, 0.4) is 0 Å². The summed E-state index contributed by atoms with van der Waals surface area (Å²) in [5, 5.41) is 8.79. The summed E-state index contributed by atoms with van der Waals surface area (Å²) in [6, 6.07) is 0. The Hall–Kier alpha value is -1.33. The molecule has 0 bridgehead atoms. The van der Waals surface area contributed by atoms with Gasteiger partial charge in [0.05, 0.1) is 5.92 Å². The molecule has 2 unspecified atom stereocenters. The zero-order valence-corrected chi connectivity index (χ0v) is 9.25. The molecule has 1 rings (SSSR count). The molecule has 1 aliphatic carbocycles. The lowest BCUT2D eigenvalue weighted by atomic mass is 10.1. The topological polar surface area (TPSA) is 37.3 Å². The first kappa shape index (κ1) is 13.7. The molecule has 0 amide bonds. The predicted molar refractivity (Wildman–Crippen MR) is 52.8 cm³/mol. The Labute approximate surface area is 95.6 Å². The molecule has 2 atom stereocenters. The minimum Gasteiger partial charge on any atom is -0.481 e. The summed E-state index contributed by atoms with van der Waals surface area (Å²) in [6.45, 7) is 3.40. The summed E-state index contributed by atoms with van der Waals surface area (Å²) >= 11 is 0. The first-order valence-electron chi connectivity index (χ1n) is 4.92. The van der Waals surface area contributed by atoms with Gasteiger partial charge in [0.25, 0.3) is 0 Å². The highest BCUT2D eigenvalue weighted by Crippen LogP contribution is 2.59. The van der Waals surface area contributed by atoms with Crippen LogP contribution >= 0.6 is 0 Å². The van der Waals surface area contributed by atoms with Crippen LogP contribution in [0.2, 0.25) is 0 Å². The maximum absolute atomic E-state index is 12.4. The maximum atomic E-state index is 12.4. The number of rotatable bonds is 3. The van der Waals surface area contributed by atoms with Crippen LogP contribution in [0.1, 0.15) is 13.8 Å². The van der Waals surface area contributed by atoms with Crippen molar-refractivity contribution in [1.29, 1.82) is 0 Å². The Morgan fingerprint density at radius 2 is 1.88 bits per heavy atom. The van der Waals surface area contributed by atoms with E-state index >= 15 is 0 Å². The van der Waals surface area contributed by atoms with Crippen molar-refractivity contribution in [2.45, 2.75) is 20.0 Å². The molecule has 96 valence electrons. The van der Waals surface area contributed by atoms with Crippen molar-refractivity contribution in [2.75, 3.05) is 0 Å². The van der Waals surface area contributed by atoms with E-state index < -0.39 is 29.3 Å². The molecule has 0 radical (unpaired) electrons. The number of aliphatic carboxylic acids is 1. The van der Waals surface area contributed by atoms with Crippen LogP contribution in [-0.4, -0.2) is 17.3 Å². The third-order valence-corrected chi connectivity index (χ3v) is 3.01. The molecule has 2 nitrogen and oxygen atoms in total. The third-order valence-electron chi connectivity index (χ3n) is 3.01. The van der Waals surface area contributed by atoms with Crippen molar-refractivity contribution in [3.05, 3.63) is 24.1 Å². The lowest BCUT2D eigenvalue weighted by molar-refractivity contribution is -0.139. The average Bonchev–Trinajstić information content (AvgIpc) is 2.66. The number of hydrogen-bond donors (Lipinski definition) is 1. The Balaban J connectivity index is 2.67. The number of carboxylic acid groups (broad SMARTS) is 1. The van der Waals surface area contributed by atoms with Crippen LogP contribution in [0.15, 0.2) is 24.1 Å². The first-order valence-corrected chi connectivity index (χ1v) is 4.92. The van der Waals surface area contributed by atoms with Crippen LogP contribution in [0.5, 0.6) is 0 Å². The van der Waals surface area contributed by atoms with E-state index in [1.54, 1.807) is 13.8 Å². The fourth-order valence-corrected chi connectivity index (χ4v) is 1.86. The normalized spacial score (nSPS) is 28.5. The van der Waals surface area contributed by atoms with Gasteiger partial charge in [0, 0.05) is 0 Å². The number of hydrogen-bond acceptors (Lipinski definition) is 1. The van der Waals surface area contributed by atoms with Gasteiger partial charge < -0.3 is 5.11 Å². The summed E-state index contributed by atoms with van der Waals surface area (Å²) in [5.41, 5.74) is -0.495. The fourth-order valence-electron chi connectivity index (χ4n) is 1.86. The van der Waals surface area contributed by atoms with E-state index in [0.717, 1.165) is 6.08 Å². The van der Waals surface area contributed by atoms with Gasteiger partial charge in [0.15, 0.2) is 0 Å². The van der Waals surface area contributed by atoms with Crippen molar-refractivity contribution in [3.8, 4) is 0 Å². The van der Waals surface area contributed by atoms with Gasteiger partial charge in [0.1, 0.15) is 0 Å². The quantitative estimate of drug-likeness (QED) is 0.618. The molecule has 1 saturated carbocycles. The van der Waals surface area contributed by atoms with Gasteiger partial charge in [-0.05, 0) is 17.4 Å². The van der Waals surface area contributed by atoms with Crippen molar-refractivity contribution in [2.24, 2.45) is 17.3 Å². The SMILES string of the molecule is CC1(C)C(C=CC=C(F)C(F)(F)F)C1C(=O)O. The third kappa shape index (κ3) is 2.87. The maximum Gasteiger partial charge on any atom is 0.442 e. The molecule has 17 heavy (non-hydrogen) atoms. The van der Waals surface area contributed by atoms with E-state index in [1.807, 2.05) is 0 Å². The highest BCUT2D eigenvalue weighted by Gasteiger charge is 2.60. The van der Waals surface area contributed by atoms with Crippen LogP contribution in [0, 0.1) is 17.3 Å². The second-order valence-electron chi connectivity index (χ2n) is 4.56. The number of carboxylic acids is 1. The van der Waals surface area contributed by atoms with E-state index in [1.165, 1.54) is 6.08 Å². The van der Waals surface area contributed by atoms with Crippen molar-refractivity contribution >= 4 is 5.97 Å². The molecule has 0 aromatic carbocycles. The lowest BCUT2D eigenvalue weighted by Gasteiger charge is -2.00. The molecule has 0 heterocycles. The largest absolute Gasteiger partial charge is 0.481 e. The Morgan fingerprint density at radius 1 is 1.35 bits per heavy atom. The van der Waals surface area contributed by atoms with Gasteiger partial charge in [-0.3, -0.25) is 4.79 Å². The first-order chi connectivity index (χ1) is 7.58. The fraction of sp³-hybridized carbons (Fsp3) is 0.545. The molecular formula is C11H12F4O2. The number of carbonyl (C=O) groups is 1. The monoisotopic (exact) mass is 252 g/mol. The number of alkyl halides is 3. The highest BCUT2D eigenvalue weighted by molar-refractivity contribution is 5.76. The van der Waals surface area contributed by atoms with Crippen LogP contribution in [0.25, 0.3) is 0 Å². The second kappa shape index (κ2) is 4.16. The van der Waals surface area contributed by atoms with E-state index in [-0.39, 0.29) is 5.92 Å². The van der Waals surface area contributed by atoms with Crippen molar-refractivity contribution in [1.82, 2.24) is 0 Å². The second-order valence-corrected chi connectivity index (χ2v) is 4.56. The molecule has 0 saturated heterocycles. The van der Waals surface area contributed by atoms with Gasteiger partial charge in [-0.1, -0.05) is 26.0 Å². The highest BCUT2D eigenvalue weighted by atomic mass is 19.4. The van der Waals surface area contributed by atoms with E-state index in [2.05, 4.69) is 0 Å². The molecular weight excluding hydrogens is 240 g/mol. The summed E-state index contributed by atoms with van der Waals surface area (Å²) in [6.07, 6.45) is -2.48. The molecule has 0 aromatic rings. The van der Waals surface area contributed by atoms with E-state index in [9.17, 15) is 22.4 Å². The minimum absolute atomic E-state index is 0.299.